The maximum Gasteiger partial charge on any atom is 0.433 e. The zero-order chi connectivity index (χ0) is 20.9. The van der Waals surface area contributed by atoms with Gasteiger partial charge in [0.05, 0.1) is 53.5 Å². The molecule has 4 saturated heterocycles. The van der Waals surface area contributed by atoms with Crippen LogP contribution in [0.1, 0.15) is 11.3 Å². The Kier molecular flexibility index (Phi) is 4.87. The number of hydrogen-bond donors (Lipinski definition) is 0. The second kappa shape index (κ2) is 7.44. The van der Waals surface area contributed by atoms with Crippen LogP contribution in [0.15, 0.2) is 45.0 Å². The molecule has 6 rings (SSSR count). The van der Waals surface area contributed by atoms with E-state index in [4.69, 9.17) is 27.6 Å². The predicted molar refractivity (Wildman–Crippen MR) is 113 cm³/mol. The van der Waals surface area contributed by atoms with Crippen molar-refractivity contribution in [2.45, 2.75) is 0 Å². The fourth-order valence-electron chi connectivity index (χ4n) is 4.71. The van der Waals surface area contributed by atoms with Crippen molar-refractivity contribution in [3.05, 3.63) is 61.8 Å². The van der Waals surface area contributed by atoms with Crippen molar-refractivity contribution < 1.29 is 9.34 Å². The molecule has 0 radical (unpaired) electrons. The molecule has 0 amide bonds. The van der Waals surface area contributed by atoms with Crippen molar-refractivity contribution in [3.8, 4) is 0 Å². The topological polar surface area (TPSA) is 90.7 Å². The second-order valence-electron chi connectivity index (χ2n) is 7.95. The van der Waals surface area contributed by atoms with Gasteiger partial charge in [0.15, 0.2) is 5.76 Å². The van der Waals surface area contributed by atoms with Crippen molar-refractivity contribution >= 4 is 41.0 Å². The summed E-state index contributed by atoms with van der Waals surface area (Å²) < 4.78 is 5.14. The number of hydrogen-bond acceptors (Lipinski definition) is 8. The van der Waals surface area contributed by atoms with Crippen LogP contribution in [0.4, 0.5) is 5.88 Å². The highest BCUT2D eigenvalue weighted by molar-refractivity contribution is 6.42. The number of nitro groups is 1. The molecule has 30 heavy (non-hydrogen) atoms. The third kappa shape index (κ3) is 3.52. The Balaban J connectivity index is 1.53. The Morgan fingerprint density at radius 3 is 2.30 bits per heavy atom. The Morgan fingerprint density at radius 1 is 1.07 bits per heavy atom. The summed E-state index contributed by atoms with van der Waals surface area (Å²) in [5, 5.41) is 20.5. The van der Waals surface area contributed by atoms with E-state index >= 15 is 0 Å². The van der Waals surface area contributed by atoms with E-state index in [1.54, 1.807) is 6.07 Å². The highest BCUT2D eigenvalue weighted by atomic mass is 35.5. The van der Waals surface area contributed by atoms with E-state index in [0.717, 1.165) is 50.9 Å². The van der Waals surface area contributed by atoms with Crippen molar-refractivity contribution in [2.24, 2.45) is 15.6 Å². The average molecular weight is 449 g/mol. The Morgan fingerprint density at radius 2 is 1.73 bits per heavy atom. The quantitative estimate of drug-likeness (QED) is 0.396. The molecule has 0 saturated carbocycles. The summed E-state index contributed by atoms with van der Waals surface area (Å²) in [5.74, 6) is -0.0691. The van der Waals surface area contributed by atoms with Crippen LogP contribution >= 0.6 is 23.2 Å². The molecule has 156 valence electrons. The zero-order valence-electron chi connectivity index (χ0n) is 15.9. The van der Waals surface area contributed by atoms with E-state index in [1.807, 2.05) is 12.1 Å². The van der Waals surface area contributed by atoms with Crippen molar-refractivity contribution in [1.29, 1.82) is 0 Å². The summed E-state index contributed by atoms with van der Waals surface area (Å²) >= 11 is 12.4. The highest BCUT2D eigenvalue weighted by Gasteiger charge is 2.51. The molecule has 4 aliphatic rings. The molecule has 0 spiro atoms. The van der Waals surface area contributed by atoms with Gasteiger partial charge in [0.2, 0.25) is 0 Å². The molecule has 5 heterocycles. The standard InChI is InChI=1S/C19H18Cl2N6O3/c20-15-3-1-13(5-16(15)21)18(23-22-6-14-2-4-17(30-14)27(28)29)19-7-24-10-25(8-19)12-26(9-19)11-24/h1-6H,7-12H2/b22-6+,23-18-. The molecule has 2 aromatic rings. The van der Waals surface area contributed by atoms with Crippen molar-refractivity contribution in [3.63, 3.8) is 0 Å². The first-order valence-corrected chi connectivity index (χ1v) is 10.2. The molecule has 4 aliphatic heterocycles. The fraction of sp³-hybridized carbons (Fsp3) is 0.368. The summed E-state index contributed by atoms with van der Waals surface area (Å²) in [4.78, 5) is 17.4. The smallest absolute Gasteiger partial charge is 0.400 e. The van der Waals surface area contributed by atoms with Gasteiger partial charge in [0.25, 0.3) is 0 Å². The fourth-order valence-corrected chi connectivity index (χ4v) is 5.01. The first-order chi connectivity index (χ1) is 14.4. The van der Waals surface area contributed by atoms with Crippen LogP contribution in [0.3, 0.4) is 0 Å². The van der Waals surface area contributed by atoms with Gasteiger partial charge >= 0.3 is 5.88 Å². The highest BCUT2D eigenvalue weighted by Crippen LogP contribution is 2.39. The Labute approximate surface area is 182 Å². The lowest BCUT2D eigenvalue weighted by Crippen LogP contribution is -2.74. The monoisotopic (exact) mass is 448 g/mol. The normalized spacial score (nSPS) is 30.3. The predicted octanol–water partition coefficient (Wildman–Crippen LogP) is 3.12. The summed E-state index contributed by atoms with van der Waals surface area (Å²) in [5.41, 5.74) is 1.45. The SMILES string of the molecule is O=[N+]([O-])c1ccc(/C=N/N=C(/c2ccc(Cl)c(Cl)c2)C23CN4CN(CN(C4)C2)C3)o1. The van der Waals surface area contributed by atoms with E-state index < -0.39 is 4.92 Å². The third-order valence-corrected chi connectivity index (χ3v) is 6.35. The lowest BCUT2D eigenvalue weighted by Gasteiger charge is -2.60. The molecule has 0 unspecified atom stereocenters. The van der Waals surface area contributed by atoms with E-state index in [0.29, 0.717) is 10.0 Å². The first kappa shape index (κ1) is 19.7. The van der Waals surface area contributed by atoms with Crippen LogP contribution in [0.2, 0.25) is 10.0 Å². The van der Waals surface area contributed by atoms with Crippen LogP contribution in [0.25, 0.3) is 0 Å². The van der Waals surface area contributed by atoms with Crippen LogP contribution < -0.4 is 0 Å². The third-order valence-electron chi connectivity index (χ3n) is 5.61. The van der Waals surface area contributed by atoms with Crippen LogP contribution in [0, 0.1) is 15.5 Å². The number of nitrogens with zero attached hydrogens (tertiary/aromatic N) is 6. The maximum absolute atomic E-state index is 10.8. The summed E-state index contributed by atoms with van der Waals surface area (Å²) in [6, 6.07) is 8.25. The van der Waals surface area contributed by atoms with Crippen molar-refractivity contribution in [1.82, 2.24) is 14.7 Å². The van der Waals surface area contributed by atoms with Gasteiger partial charge in [-0.05, 0) is 18.2 Å². The number of rotatable bonds is 5. The molecular formula is C19H18Cl2N6O3. The zero-order valence-corrected chi connectivity index (χ0v) is 17.4. The molecule has 4 bridgehead atoms. The van der Waals surface area contributed by atoms with Gasteiger partial charge < -0.3 is 4.42 Å². The maximum atomic E-state index is 10.8. The summed E-state index contributed by atoms with van der Waals surface area (Å²) in [7, 11) is 0. The molecule has 0 N–H and O–H groups in total. The van der Waals surface area contributed by atoms with Crippen molar-refractivity contribution in [2.75, 3.05) is 39.6 Å². The molecule has 0 atom stereocenters. The van der Waals surface area contributed by atoms with Gasteiger partial charge in [-0.3, -0.25) is 24.8 Å². The van der Waals surface area contributed by atoms with Gasteiger partial charge in [-0.2, -0.15) is 10.2 Å². The molecule has 11 heteroatoms. The number of benzene rings is 1. The van der Waals surface area contributed by atoms with Crippen LogP contribution in [0.5, 0.6) is 0 Å². The van der Waals surface area contributed by atoms with Gasteiger partial charge in [0, 0.05) is 25.2 Å². The minimum atomic E-state index is -0.589. The van der Waals surface area contributed by atoms with E-state index in [-0.39, 0.29) is 17.1 Å². The van der Waals surface area contributed by atoms with E-state index in [1.165, 1.54) is 18.3 Å². The lowest BCUT2D eigenvalue weighted by molar-refractivity contribution is -0.402. The average Bonchev–Trinajstić information content (AvgIpc) is 3.16. The Hall–Kier alpha value is -2.30. The largest absolute Gasteiger partial charge is 0.433 e. The number of furan rings is 1. The molecule has 1 aromatic carbocycles. The first-order valence-electron chi connectivity index (χ1n) is 9.40. The molecule has 9 nitrogen and oxygen atoms in total. The minimum Gasteiger partial charge on any atom is -0.400 e. The molecule has 0 aliphatic carbocycles. The summed E-state index contributed by atoms with van der Waals surface area (Å²) in [6.45, 7) is 5.48. The lowest BCUT2D eigenvalue weighted by atomic mass is 9.74. The van der Waals surface area contributed by atoms with Gasteiger partial charge in [-0.1, -0.05) is 29.3 Å². The minimum absolute atomic E-state index is 0.224. The van der Waals surface area contributed by atoms with E-state index in [2.05, 4.69) is 24.9 Å². The molecule has 1 aromatic heterocycles. The molecular weight excluding hydrogens is 431 g/mol. The van der Waals surface area contributed by atoms with Crippen LogP contribution in [-0.2, 0) is 0 Å². The Bertz CT molecular complexity index is 1030. The second-order valence-corrected chi connectivity index (χ2v) is 8.76. The van der Waals surface area contributed by atoms with E-state index in [9.17, 15) is 10.1 Å². The molecule has 4 fully saturated rings. The summed E-state index contributed by atoms with van der Waals surface area (Å²) in [6.07, 6.45) is 1.38. The van der Waals surface area contributed by atoms with Crippen LogP contribution in [-0.4, -0.2) is 71.2 Å². The van der Waals surface area contributed by atoms with Gasteiger partial charge in [-0.25, -0.2) is 0 Å². The van der Waals surface area contributed by atoms with Gasteiger partial charge in [-0.15, -0.1) is 0 Å². The number of halogens is 2. The van der Waals surface area contributed by atoms with Gasteiger partial charge in [0.1, 0.15) is 4.92 Å².